The van der Waals surface area contributed by atoms with Crippen LogP contribution in [0.15, 0.2) is 47.1 Å². The summed E-state index contributed by atoms with van der Waals surface area (Å²) in [6.45, 7) is 0. The molecule has 0 N–H and O–H groups in total. The van der Waals surface area contributed by atoms with Gasteiger partial charge in [0.05, 0.1) is 21.3 Å². The number of nitrogens with zero attached hydrogens (tertiary/aromatic N) is 1. The van der Waals surface area contributed by atoms with Gasteiger partial charge in [0, 0.05) is 22.2 Å². The molecule has 0 saturated carbocycles. The standard InChI is InChI=1S/C19H16ClNO5/c1-23-15-10-17(25-3)16(24-2)9-12(15)8-14-19(22)26-18(21-14)11-5-4-6-13(20)7-11/h4-10H,1-3H3. The van der Waals surface area contributed by atoms with Gasteiger partial charge >= 0.3 is 5.97 Å². The minimum Gasteiger partial charge on any atom is -0.496 e. The molecule has 134 valence electrons. The Bertz CT molecular complexity index is 920. The predicted octanol–water partition coefficient (Wildman–Crippen LogP) is 3.71. The summed E-state index contributed by atoms with van der Waals surface area (Å²) in [5, 5.41) is 0.528. The van der Waals surface area contributed by atoms with Crippen LogP contribution in [0.25, 0.3) is 6.08 Å². The molecule has 1 aliphatic heterocycles. The molecule has 26 heavy (non-hydrogen) atoms. The van der Waals surface area contributed by atoms with E-state index in [0.29, 0.717) is 33.4 Å². The quantitative estimate of drug-likeness (QED) is 0.590. The Morgan fingerprint density at radius 3 is 2.35 bits per heavy atom. The molecule has 0 spiro atoms. The van der Waals surface area contributed by atoms with E-state index in [-0.39, 0.29) is 11.6 Å². The molecule has 0 saturated heterocycles. The highest BCUT2D eigenvalue weighted by Crippen LogP contribution is 2.36. The first-order valence-electron chi connectivity index (χ1n) is 7.64. The van der Waals surface area contributed by atoms with Crippen LogP contribution in [0.3, 0.4) is 0 Å². The molecule has 0 fully saturated rings. The Balaban J connectivity index is 2.03. The van der Waals surface area contributed by atoms with Gasteiger partial charge in [-0.05, 0) is 30.3 Å². The zero-order valence-corrected chi connectivity index (χ0v) is 15.2. The summed E-state index contributed by atoms with van der Waals surface area (Å²) in [6, 6.07) is 10.3. The van der Waals surface area contributed by atoms with Crippen LogP contribution in [0, 0.1) is 0 Å². The number of cyclic esters (lactones) is 1. The van der Waals surface area contributed by atoms with Crippen molar-refractivity contribution < 1.29 is 23.7 Å². The SMILES string of the molecule is COc1cc(OC)c(OC)cc1C=C1N=C(c2cccc(Cl)c2)OC1=O. The number of benzene rings is 2. The zero-order valence-electron chi connectivity index (χ0n) is 14.4. The highest BCUT2D eigenvalue weighted by atomic mass is 35.5. The van der Waals surface area contributed by atoms with Crippen LogP contribution in [0.4, 0.5) is 0 Å². The molecule has 0 bridgehead atoms. The lowest BCUT2D eigenvalue weighted by atomic mass is 10.1. The molecule has 0 unspecified atom stereocenters. The molecule has 0 amide bonds. The van der Waals surface area contributed by atoms with Crippen molar-refractivity contribution in [3.8, 4) is 17.2 Å². The number of esters is 1. The number of carbonyl (C=O) groups excluding carboxylic acids is 1. The highest BCUT2D eigenvalue weighted by molar-refractivity contribution is 6.31. The van der Waals surface area contributed by atoms with Crippen molar-refractivity contribution in [2.24, 2.45) is 4.99 Å². The number of hydrogen-bond donors (Lipinski definition) is 0. The van der Waals surface area contributed by atoms with Crippen molar-refractivity contribution in [1.29, 1.82) is 0 Å². The van der Waals surface area contributed by atoms with E-state index in [1.165, 1.54) is 21.3 Å². The number of hydrogen-bond acceptors (Lipinski definition) is 6. The predicted molar refractivity (Wildman–Crippen MR) is 98.2 cm³/mol. The van der Waals surface area contributed by atoms with E-state index in [0.717, 1.165) is 0 Å². The van der Waals surface area contributed by atoms with Crippen LogP contribution in [0.1, 0.15) is 11.1 Å². The molecule has 3 rings (SSSR count). The summed E-state index contributed by atoms with van der Waals surface area (Å²) in [4.78, 5) is 16.5. The highest BCUT2D eigenvalue weighted by Gasteiger charge is 2.25. The Morgan fingerprint density at radius 1 is 1.00 bits per heavy atom. The molecule has 7 heteroatoms. The van der Waals surface area contributed by atoms with E-state index < -0.39 is 5.97 Å². The molecule has 1 aliphatic rings. The lowest BCUT2D eigenvalue weighted by Crippen LogP contribution is -2.05. The number of ether oxygens (including phenoxy) is 4. The maximum atomic E-state index is 12.2. The third kappa shape index (κ3) is 3.50. The van der Waals surface area contributed by atoms with Crippen molar-refractivity contribution >= 4 is 29.5 Å². The van der Waals surface area contributed by atoms with Crippen LogP contribution in [0.2, 0.25) is 5.02 Å². The Morgan fingerprint density at radius 2 is 1.69 bits per heavy atom. The molecular weight excluding hydrogens is 358 g/mol. The van der Waals surface area contributed by atoms with Crippen LogP contribution in [-0.2, 0) is 9.53 Å². The average Bonchev–Trinajstić information content (AvgIpc) is 3.02. The second-order valence-electron chi connectivity index (χ2n) is 5.30. The van der Waals surface area contributed by atoms with Gasteiger partial charge < -0.3 is 18.9 Å². The Labute approximate surface area is 155 Å². The van der Waals surface area contributed by atoms with Gasteiger partial charge in [0.25, 0.3) is 0 Å². The number of halogens is 1. The fourth-order valence-corrected chi connectivity index (χ4v) is 2.66. The normalized spacial score (nSPS) is 14.8. The fraction of sp³-hybridized carbons (Fsp3) is 0.158. The van der Waals surface area contributed by atoms with Gasteiger partial charge in [0.1, 0.15) is 5.75 Å². The third-order valence-electron chi connectivity index (χ3n) is 3.72. The minimum absolute atomic E-state index is 0.144. The summed E-state index contributed by atoms with van der Waals surface area (Å²) < 4.78 is 21.2. The summed E-state index contributed by atoms with van der Waals surface area (Å²) in [7, 11) is 4.59. The van der Waals surface area contributed by atoms with E-state index >= 15 is 0 Å². The number of carbonyl (C=O) groups is 1. The van der Waals surface area contributed by atoms with Crippen molar-refractivity contribution in [1.82, 2.24) is 0 Å². The maximum Gasteiger partial charge on any atom is 0.363 e. The zero-order chi connectivity index (χ0) is 18.7. The molecule has 0 aliphatic carbocycles. The first kappa shape index (κ1) is 17.8. The van der Waals surface area contributed by atoms with Crippen LogP contribution < -0.4 is 14.2 Å². The van der Waals surface area contributed by atoms with Gasteiger partial charge in [-0.1, -0.05) is 17.7 Å². The van der Waals surface area contributed by atoms with Gasteiger partial charge in [0.15, 0.2) is 17.2 Å². The summed E-state index contributed by atoms with van der Waals surface area (Å²) in [6.07, 6.45) is 1.57. The molecular formula is C19H16ClNO5. The van der Waals surface area contributed by atoms with Crippen molar-refractivity contribution in [3.63, 3.8) is 0 Å². The van der Waals surface area contributed by atoms with Crippen molar-refractivity contribution in [2.45, 2.75) is 0 Å². The summed E-state index contributed by atoms with van der Waals surface area (Å²) >= 11 is 5.97. The molecule has 2 aromatic rings. The van der Waals surface area contributed by atoms with E-state index in [9.17, 15) is 4.79 Å². The first-order valence-corrected chi connectivity index (χ1v) is 8.02. The van der Waals surface area contributed by atoms with Gasteiger partial charge in [-0.25, -0.2) is 9.79 Å². The van der Waals surface area contributed by atoms with Crippen LogP contribution in [-0.4, -0.2) is 33.2 Å². The Kier molecular flexibility index (Phi) is 5.14. The summed E-state index contributed by atoms with van der Waals surface area (Å²) in [5.74, 6) is 1.17. The topological polar surface area (TPSA) is 66.3 Å². The second-order valence-corrected chi connectivity index (χ2v) is 5.73. The van der Waals surface area contributed by atoms with Crippen molar-refractivity contribution in [2.75, 3.05) is 21.3 Å². The van der Waals surface area contributed by atoms with Crippen molar-refractivity contribution in [3.05, 3.63) is 58.2 Å². The number of rotatable bonds is 5. The second kappa shape index (κ2) is 7.49. The van der Waals surface area contributed by atoms with Gasteiger partial charge in [-0.3, -0.25) is 0 Å². The van der Waals surface area contributed by atoms with E-state index in [1.807, 2.05) is 0 Å². The lowest BCUT2D eigenvalue weighted by Gasteiger charge is -2.12. The maximum absolute atomic E-state index is 12.2. The first-order chi connectivity index (χ1) is 12.5. The van der Waals surface area contributed by atoms with Gasteiger partial charge in [-0.15, -0.1) is 0 Å². The smallest absolute Gasteiger partial charge is 0.363 e. The molecule has 2 aromatic carbocycles. The van der Waals surface area contributed by atoms with E-state index in [1.54, 1.807) is 42.5 Å². The fourth-order valence-electron chi connectivity index (χ4n) is 2.47. The van der Waals surface area contributed by atoms with Crippen LogP contribution >= 0.6 is 11.6 Å². The van der Waals surface area contributed by atoms with E-state index in [4.69, 9.17) is 30.5 Å². The lowest BCUT2D eigenvalue weighted by molar-refractivity contribution is -0.129. The number of methoxy groups -OCH3 is 3. The molecule has 1 heterocycles. The summed E-state index contributed by atoms with van der Waals surface area (Å²) in [5.41, 5.74) is 1.37. The monoisotopic (exact) mass is 373 g/mol. The molecule has 6 nitrogen and oxygen atoms in total. The average molecular weight is 374 g/mol. The molecule has 0 atom stereocenters. The number of aliphatic imine (C=N–C) groups is 1. The van der Waals surface area contributed by atoms with Gasteiger partial charge in [-0.2, -0.15) is 0 Å². The molecule has 0 aromatic heterocycles. The molecule has 0 radical (unpaired) electrons. The van der Waals surface area contributed by atoms with Crippen LogP contribution in [0.5, 0.6) is 17.2 Å². The minimum atomic E-state index is -0.559. The Hall–Kier alpha value is -2.99. The largest absolute Gasteiger partial charge is 0.496 e. The van der Waals surface area contributed by atoms with E-state index in [2.05, 4.69) is 4.99 Å². The van der Waals surface area contributed by atoms with Gasteiger partial charge in [0.2, 0.25) is 5.90 Å². The third-order valence-corrected chi connectivity index (χ3v) is 3.96.